The maximum Gasteiger partial charge on any atom is 0.317 e. The van der Waals surface area contributed by atoms with Gasteiger partial charge in [0.25, 0.3) is 0 Å². The van der Waals surface area contributed by atoms with Gasteiger partial charge in [-0.1, -0.05) is 0 Å². The number of aryl methyl sites for hydroxylation is 1. The van der Waals surface area contributed by atoms with E-state index in [-0.39, 0.29) is 6.03 Å². The zero-order valence-electron chi connectivity index (χ0n) is 13.7. The molecule has 0 spiro atoms. The fourth-order valence-corrected chi connectivity index (χ4v) is 2.13. The Morgan fingerprint density at radius 3 is 3.04 bits per heavy atom. The Balaban J connectivity index is 1.76. The molecule has 9 nitrogen and oxygen atoms in total. The highest BCUT2D eigenvalue weighted by atomic mass is 16.5. The minimum Gasteiger partial charge on any atom is -0.383 e. The number of nitrogens with one attached hydrogen (secondary N) is 2. The van der Waals surface area contributed by atoms with Crippen molar-refractivity contribution in [3.05, 3.63) is 29.6 Å². The number of rotatable bonds is 8. The average Bonchev–Trinajstić information content (AvgIpc) is 3.14. The van der Waals surface area contributed by atoms with Gasteiger partial charge < -0.3 is 19.5 Å². The van der Waals surface area contributed by atoms with Gasteiger partial charge >= 0.3 is 6.03 Å². The zero-order valence-corrected chi connectivity index (χ0v) is 13.7. The van der Waals surface area contributed by atoms with Crippen LogP contribution in [0.25, 0.3) is 0 Å². The van der Waals surface area contributed by atoms with Crippen molar-refractivity contribution in [2.45, 2.75) is 26.4 Å². The van der Waals surface area contributed by atoms with Crippen LogP contribution in [0.4, 0.5) is 4.79 Å². The number of urea groups is 1. The Bertz CT molecular complexity index is 622. The van der Waals surface area contributed by atoms with E-state index < -0.39 is 0 Å². The summed E-state index contributed by atoms with van der Waals surface area (Å²) in [6.07, 6.45) is 4.02. The standard InChI is InChI=1S/C14H23N7O2/c1-11-12(8-16-18-11)9-20(2)14(22)15-5-4-13-19-17-10-21(13)6-7-23-3/h8,10H,4-7,9H2,1-3H3,(H,15,22)(H,16,18). The van der Waals surface area contributed by atoms with Gasteiger partial charge in [0.05, 0.1) is 19.3 Å². The van der Waals surface area contributed by atoms with Crippen molar-refractivity contribution in [1.82, 2.24) is 35.2 Å². The number of nitrogens with zero attached hydrogens (tertiary/aromatic N) is 5. The summed E-state index contributed by atoms with van der Waals surface area (Å²) in [6.45, 7) is 4.25. The Hall–Kier alpha value is -2.42. The van der Waals surface area contributed by atoms with Crippen LogP contribution in [0.1, 0.15) is 17.1 Å². The smallest absolute Gasteiger partial charge is 0.317 e. The second kappa shape index (κ2) is 8.28. The third-order valence-corrected chi connectivity index (χ3v) is 3.55. The topological polar surface area (TPSA) is 101 Å². The van der Waals surface area contributed by atoms with Crippen LogP contribution in [-0.2, 0) is 24.2 Å². The van der Waals surface area contributed by atoms with Crippen molar-refractivity contribution in [1.29, 1.82) is 0 Å². The van der Waals surface area contributed by atoms with E-state index in [2.05, 4.69) is 25.7 Å². The second-order valence-electron chi connectivity index (χ2n) is 5.29. The molecule has 2 amide bonds. The average molecular weight is 321 g/mol. The number of aromatic nitrogens is 5. The van der Waals surface area contributed by atoms with E-state index in [1.807, 2.05) is 11.5 Å². The molecule has 23 heavy (non-hydrogen) atoms. The van der Waals surface area contributed by atoms with Crippen LogP contribution in [0.3, 0.4) is 0 Å². The SMILES string of the molecule is COCCn1cnnc1CCNC(=O)N(C)Cc1cn[nH]c1C. The molecule has 0 radical (unpaired) electrons. The lowest BCUT2D eigenvalue weighted by Gasteiger charge is -2.17. The number of ether oxygens (including phenoxy) is 1. The highest BCUT2D eigenvalue weighted by Crippen LogP contribution is 2.05. The molecule has 0 fully saturated rings. The van der Waals surface area contributed by atoms with Crippen LogP contribution in [0.15, 0.2) is 12.5 Å². The van der Waals surface area contributed by atoms with Crippen LogP contribution in [0, 0.1) is 6.92 Å². The number of amides is 2. The molecule has 9 heteroatoms. The van der Waals surface area contributed by atoms with E-state index in [9.17, 15) is 4.79 Å². The van der Waals surface area contributed by atoms with Crippen LogP contribution >= 0.6 is 0 Å². The normalized spacial score (nSPS) is 10.7. The minimum atomic E-state index is -0.131. The van der Waals surface area contributed by atoms with Gasteiger partial charge in [-0.2, -0.15) is 5.10 Å². The highest BCUT2D eigenvalue weighted by molar-refractivity contribution is 5.73. The van der Waals surface area contributed by atoms with E-state index >= 15 is 0 Å². The summed E-state index contributed by atoms with van der Waals surface area (Å²) >= 11 is 0. The molecular weight excluding hydrogens is 298 g/mol. The lowest BCUT2D eigenvalue weighted by Crippen LogP contribution is -2.38. The van der Waals surface area contributed by atoms with Gasteiger partial charge in [-0.15, -0.1) is 10.2 Å². The molecule has 0 aliphatic heterocycles. The van der Waals surface area contributed by atoms with Crippen molar-refractivity contribution < 1.29 is 9.53 Å². The molecule has 2 aromatic heterocycles. The molecule has 0 saturated carbocycles. The maximum absolute atomic E-state index is 12.1. The summed E-state index contributed by atoms with van der Waals surface area (Å²) in [6, 6.07) is -0.131. The first kappa shape index (κ1) is 16.9. The Kier molecular flexibility index (Phi) is 6.10. The first-order valence-electron chi connectivity index (χ1n) is 7.45. The lowest BCUT2D eigenvalue weighted by atomic mass is 10.2. The van der Waals surface area contributed by atoms with Gasteiger partial charge in [0, 0.05) is 44.9 Å². The zero-order chi connectivity index (χ0) is 16.7. The molecule has 2 heterocycles. The van der Waals surface area contributed by atoms with E-state index in [0.29, 0.717) is 32.7 Å². The molecule has 0 saturated heterocycles. The fourth-order valence-electron chi connectivity index (χ4n) is 2.13. The quantitative estimate of drug-likeness (QED) is 0.730. The van der Waals surface area contributed by atoms with Gasteiger partial charge in [-0.05, 0) is 6.92 Å². The fraction of sp³-hybridized carbons (Fsp3) is 0.571. The summed E-state index contributed by atoms with van der Waals surface area (Å²) in [5, 5.41) is 17.6. The second-order valence-corrected chi connectivity index (χ2v) is 5.29. The van der Waals surface area contributed by atoms with Crippen molar-refractivity contribution in [2.75, 3.05) is 27.3 Å². The molecular formula is C14H23N7O2. The number of hydrogen-bond donors (Lipinski definition) is 2. The number of carbonyl (C=O) groups is 1. The molecule has 0 aliphatic rings. The summed E-state index contributed by atoms with van der Waals surface area (Å²) < 4.78 is 6.97. The molecule has 0 bridgehead atoms. The van der Waals surface area contributed by atoms with Crippen LogP contribution in [-0.4, -0.2) is 63.2 Å². The molecule has 126 valence electrons. The van der Waals surface area contributed by atoms with Crippen LogP contribution in [0.2, 0.25) is 0 Å². The number of methoxy groups -OCH3 is 1. The van der Waals surface area contributed by atoms with Gasteiger partial charge in [-0.25, -0.2) is 4.79 Å². The number of hydrogen-bond acceptors (Lipinski definition) is 5. The van der Waals surface area contributed by atoms with Crippen molar-refractivity contribution in [3.8, 4) is 0 Å². The van der Waals surface area contributed by atoms with Gasteiger partial charge in [0.15, 0.2) is 0 Å². The van der Waals surface area contributed by atoms with Crippen LogP contribution in [0.5, 0.6) is 0 Å². The van der Waals surface area contributed by atoms with Crippen molar-refractivity contribution in [2.24, 2.45) is 0 Å². The Labute approximate surface area is 135 Å². The summed E-state index contributed by atoms with van der Waals surface area (Å²) in [4.78, 5) is 13.7. The van der Waals surface area contributed by atoms with Gasteiger partial charge in [-0.3, -0.25) is 5.10 Å². The Morgan fingerprint density at radius 1 is 1.52 bits per heavy atom. The summed E-state index contributed by atoms with van der Waals surface area (Å²) in [5.41, 5.74) is 1.97. The summed E-state index contributed by atoms with van der Waals surface area (Å²) in [7, 11) is 3.41. The monoisotopic (exact) mass is 321 g/mol. The first-order chi connectivity index (χ1) is 11.1. The third kappa shape index (κ3) is 4.78. The molecule has 0 atom stereocenters. The maximum atomic E-state index is 12.1. The van der Waals surface area contributed by atoms with Crippen LogP contribution < -0.4 is 5.32 Å². The molecule has 2 rings (SSSR count). The van der Waals surface area contributed by atoms with E-state index in [1.165, 1.54) is 0 Å². The predicted molar refractivity (Wildman–Crippen MR) is 83.8 cm³/mol. The molecule has 0 unspecified atom stereocenters. The van der Waals surface area contributed by atoms with E-state index in [1.54, 1.807) is 31.6 Å². The van der Waals surface area contributed by atoms with E-state index in [0.717, 1.165) is 17.1 Å². The predicted octanol–water partition coefficient (Wildman–Crippen LogP) is 0.340. The highest BCUT2D eigenvalue weighted by Gasteiger charge is 2.11. The minimum absolute atomic E-state index is 0.131. The van der Waals surface area contributed by atoms with E-state index in [4.69, 9.17) is 4.74 Å². The number of aromatic amines is 1. The van der Waals surface area contributed by atoms with Crippen molar-refractivity contribution >= 4 is 6.03 Å². The van der Waals surface area contributed by atoms with Gasteiger partial charge in [0.2, 0.25) is 0 Å². The molecule has 0 aromatic carbocycles. The molecule has 2 N–H and O–H groups in total. The lowest BCUT2D eigenvalue weighted by molar-refractivity contribution is 0.186. The largest absolute Gasteiger partial charge is 0.383 e. The number of carbonyl (C=O) groups excluding carboxylic acids is 1. The third-order valence-electron chi connectivity index (χ3n) is 3.55. The molecule has 0 aliphatic carbocycles. The summed E-state index contributed by atoms with van der Waals surface area (Å²) in [5.74, 6) is 0.829. The van der Waals surface area contributed by atoms with Crippen molar-refractivity contribution in [3.63, 3.8) is 0 Å². The van der Waals surface area contributed by atoms with Gasteiger partial charge in [0.1, 0.15) is 12.2 Å². The molecule has 2 aromatic rings. The first-order valence-corrected chi connectivity index (χ1v) is 7.45. The number of H-pyrrole nitrogens is 1. The Morgan fingerprint density at radius 2 is 2.35 bits per heavy atom.